The molecule has 7 nitrogen and oxygen atoms in total. The molecule has 8 heteroatoms. The van der Waals surface area contributed by atoms with Crippen molar-refractivity contribution in [2.75, 3.05) is 32.8 Å². The standard InChI is InChI=1S/C23H30N4O3.HI/c28-22-9-3-14-27(22)15-5-12-24-23(25-13-10-18-6-4-16-29-18)26-20-11-17-30-21-8-2-1-7-19(20)21;/h1-2,4,6-8,16,20H,3,5,9-15,17H2,(H2,24,25,26);1H. The Labute approximate surface area is 200 Å². The lowest BCUT2D eigenvalue weighted by molar-refractivity contribution is -0.127. The molecule has 1 aromatic heterocycles. The van der Waals surface area contributed by atoms with Gasteiger partial charge >= 0.3 is 0 Å². The molecule has 2 aliphatic rings. The number of rotatable bonds is 8. The second-order valence-corrected chi connectivity index (χ2v) is 7.70. The third kappa shape index (κ3) is 6.62. The predicted molar refractivity (Wildman–Crippen MR) is 131 cm³/mol. The molecule has 1 aromatic carbocycles. The number of amides is 1. The Bertz CT molecular complexity index is 856. The van der Waals surface area contributed by atoms with E-state index in [4.69, 9.17) is 14.1 Å². The third-order valence-electron chi connectivity index (χ3n) is 5.54. The van der Waals surface area contributed by atoms with Gasteiger partial charge in [-0.25, -0.2) is 0 Å². The van der Waals surface area contributed by atoms with Crippen molar-refractivity contribution in [2.24, 2.45) is 4.99 Å². The number of halogens is 1. The average Bonchev–Trinajstić information content (AvgIpc) is 3.43. The van der Waals surface area contributed by atoms with Gasteiger partial charge in [-0.15, -0.1) is 24.0 Å². The van der Waals surface area contributed by atoms with Crippen molar-refractivity contribution in [3.05, 3.63) is 54.0 Å². The topological polar surface area (TPSA) is 79.1 Å². The van der Waals surface area contributed by atoms with Crippen LogP contribution in [0.1, 0.15) is 43.0 Å². The van der Waals surface area contributed by atoms with E-state index in [-0.39, 0.29) is 35.9 Å². The van der Waals surface area contributed by atoms with Crippen molar-refractivity contribution in [2.45, 2.75) is 38.1 Å². The van der Waals surface area contributed by atoms with Crippen molar-refractivity contribution in [3.63, 3.8) is 0 Å². The highest BCUT2D eigenvalue weighted by Gasteiger charge is 2.22. The molecular formula is C23H31IN4O3. The quantitative estimate of drug-likeness (QED) is 0.233. The molecule has 2 aromatic rings. The first-order chi connectivity index (χ1) is 14.8. The zero-order chi connectivity index (χ0) is 20.6. The molecule has 2 N–H and O–H groups in total. The van der Waals surface area contributed by atoms with Crippen molar-refractivity contribution in [1.82, 2.24) is 15.5 Å². The molecule has 1 unspecified atom stereocenters. The number of benzene rings is 1. The van der Waals surface area contributed by atoms with Gasteiger partial charge < -0.3 is 24.7 Å². The number of carbonyl (C=O) groups excluding carboxylic acids is 1. The van der Waals surface area contributed by atoms with Gasteiger partial charge in [0.05, 0.1) is 18.9 Å². The number of likely N-dealkylation sites (tertiary alicyclic amines) is 1. The Kier molecular flexibility index (Phi) is 9.05. The number of aliphatic imine (C=N–C) groups is 1. The van der Waals surface area contributed by atoms with Crippen molar-refractivity contribution in [1.29, 1.82) is 0 Å². The number of para-hydroxylation sites is 1. The van der Waals surface area contributed by atoms with E-state index in [1.807, 2.05) is 35.2 Å². The van der Waals surface area contributed by atoms with Gasteiger partial charge in [0.15, 0.2) is 5.96 Å². The zero-order valence-electron chi connectivity index (χ0n) is 17.7. The lowest BCUT2D eigenvalue weighted by Gasteiger charge is -2.28. The summed E-state index contributed by atoms with van der Waals surface area (Å²) in [4.78, 5) is 18.5. The molecule has 1 amide bonds. The first-order valence-corrected chi connectivity index (χ1v) is 10.9. The maximum absolute atomic E-state index is 11.8. The van der Waals surface area contributed by atoms with Gasteiger partial charge in [-0.1, -0.05) is 18.2 Å². The van der Waals surface area contributed by atoms with E-state index in [1.54, 1.807) is 6.26 Å². The fourth-order valence-corrected chi connectivity index (χ4v) is 3.96. The first-order valence-electron chi connectivity index (χ1n) is 10.9. The van der Waals surface area contributed by atoms with Gasteiger partial charge in [0, 0.05) is 51.0 Å². The van der Waals surface area contributed by atoms with Crippen LogP contribution in [0.3, 0.4) is 0 Å². The number of hydrogen-bond acceptors (Lipinski definition) is 4. The lowest BCUT2D eigenvalue weighted by Crippen LogP contribution is -2.42. The smallest absolute Gasteiger partial charge is 0.222 e. The summed E-state index contributed by atoms with van der Waals surface area (Å²) in [6.07, 6.45) is 5.90. The van der Waals surface area contributed by atoms with E-state index in [0.29, 0.717) is 19.6 Å². The molecule has 1 saturated heterocycles. The van der Waals surface area contributed by atoms with Gasteiger partial charge in [0.25, 0.3) is 0 Å². The molecule has 0 spiro atoms. The van der Waals surface area contributed by atoms with E-state index < -0.39 is 0 Å². The van der Waals surface area contributed by atoms with Gasteiger partial charge in [0.1, 0.15) is 11.5 Å². The number of fused-ring (bicyclic) bond motifs is 1. The van der Waals surface area contributed by atoms with Gasteiger partial charge in [-0.3, -0.25) is 9.79 Å². The van der Waals surface area contributed by atoms with E-state index in [1.165, 1.54) is 0 Å². The number of nitrogens with zero attached hydrogens (tertiary/aromatic N) is 2. The molecule has 31 heavy (non-hydrogen) atoms. The van der Waals surface area contributed by atoms with Crippen LogP contribution in [0.15, 0.2) is 52.1 Å². The van der Waals surface area contributed by atoms with Gasteiger partial charge in [-0.2, -0.15) is 0 Å². The fraction of sp³-hybridized carbons (Fsp3) is 0.478. The van der Waals surface area contributed by atoms with Crippen LogP contribution in [-0.4, -0.2) is 49.6 Å². The third-order valence-corrected chi connectivity index (χ3v) is 5.54. The molecule has 0 radical (unpaired) electrons. The van der Waals surface area contributed by atoms with Crippen LogP contribution in [0.4, 0.5) is 0 Å². The summed E-state index contributed by atoms with van der Waals surface area (Å²) in [5.74, 6) is 2.94. The molecule has 1 atom stereocenters. The second kappa shape index (κ2) is 12.0. The number of ether oxygens (including phenoxy) is 1. The normalized spacial score (nSPS) is 18.2. The maximum atomic E-state index is 11.8. The minimum Gasteiger partial charge on any atom is -0.493 e. The highest BCUT2D eigenvalue weighted by atomic mass is 127. The van der Waals surface area contributed by atoms with E-state index >= 15 is 0 Å². The predicted octanol–water partition coefficient (Wildman–Crippen LogP) is 3.51. The highest BCUT2D eigenvalue weighted by molar-refractivity contribution is 14.0. The van der Waals surface area contributed by atoms with Crippen LogP contribution in [0.25, 0.3) is 0 Å². The van der Waals surface area contributed by atoms with Crippen molar-refractivity contribution >= 4 is 35.8 Å². The van der Waals surface area contributed by atoms with Gasteiger partial charge in [0.2, 0.25) is 5.91 Å². The second-order valence-electron chi connectivity index (χ2n) is 7.70. The number of carbonyl (C=O) groups is 1. The largest absolute Gasteiger partial charge is 0.493 e. The van der Waals surface area contributed by atoms with E-state index in [2.05, 4.69) is 16.7 Å². The molecule has 0 aliphatic carbocycles. The minimum atomic E-state index is 0. The maximum Gasteiger partial charge on any atom is 0.222 e. The minimum absolute atomic E-state index is 0. The molecular weight excluding hydrogens is 507 g/mol. The van der Waals surface area contributed by atoms with Crippen molar-refractivity contribution < 1.29 is 13.9 Å². The van der Waals surface area contributed by atoms with Crippen LogP contribution in [-0.2, 0) is 11.2 Å². The monoisotopic (exact) mass is 538 g/mol. The molecule has 0 bridgehead atoms. The summed E-state index contributed by atoms with van der Waals surface area (Å²) in [6, 6.07) is 12.2. The SMILES string of the molecule is I.O=C1CCCN1CCCN=C(NCCc1ccco1)NC1CCOc2ccccc21. The van der Waals surface area contributed by atoms with Crippen LogP contribution in [0, 0.1) is 0 Å². The summed E-state index contributed by atoms with van der Waals surface area (Å²) in [7, 11) is 0. The number of guanidine groups is 1. The van der Waals surface area contributed by atoms with E-state index in [0.717, 1.165) is 68.4 Å². The first kappa shape index (κ1) is 23.4. The number of nitrogens with one attached hydrogen (secondary N) is 2. The summed E-state index contributed by atoms with van der Waals surface area (Å²) < 4.78 is 11.2. The van der Waals surface area contributed by atoms with E-state index in [9.17, 15) is 4.79 Å². The Hall–Kier alpha value is -2.23. The lowest BCUT2D eigenvalue weighted by atomic mass is 10.0. The summed E-state index contributed by atoms with van der Waals surface area (Å²) in [5.41, 5.74) is 1.16. The van der Waals surface area contributed by atoms with Crippen LogP contribution in [0.2, 0.25) is 0 Å². The number of furan rings is 1. The van der Waals surface area contributed by atoms with Crippen LogP contribution < -0.4 is 15.4 Å². The van der Waals surface area contributed by atoms with Crippen LogP contribution in [0.5, 0.6) is 5.75 Å². The molecule has 1 fully saturated rings. The number of hydrogen-bond donors (Lipinski definition) is 2. The van der Waals surface area contributed by atoms with Crippen LogP contribution >= 0.6 is 24.0 Å². The fourth-order valence-electron chi connectivity index (χ4n) is 3.96. The molecule has 2 aliphatic heterocycles. The highest BCUT2D eigenvalue weighted by Crippen LogP contribution is 2.31. The average molecular weight is 538 g/mol. The Morgan fingerprint density at radius 3 is 2.94 bits per heavy atom. The van der Waals surface area contributed by atoms with Crippen molar-refractivity contribution in [3.8, 4) is 5.75 Å². The van der Waals surface area contributed by atoms with Gasteiger partial charge in [-0.05, 0) is 31.0 Å². The molecule has 4 rings (SSSR count). The Morgan fingerprint density at radius 2 is 2.13 bits per heavy atom. The Morgan fingerprint density at radius 1 is 1.23 bits per heavy atom. The molecule has 0 saturated carbocycles. The zero-order valence-corrected chi connectivity index (χ0v) is 20.0. The summed E-state index contributed by atoms with van der Waals surface area (Å²) in [6.45, 7) is 3.75. The molecule has 168 valence electrons. The Balaban J connectivity index is 0.00000272. The molecule has 3 heterocycles. The summed E-state index contributed by atoms with van der Waals surface area (Å²) in [5, 5.41) is 7.01. The summed E-state index contributed by atoms with van der Waals surface area (Å²) >= 11 is 0.